The third-order valence-electron chi connectivity index (χ3n) is 3.41. The van der Waals surface area contributed by atoms with Gasteiger partial charge in [0.25, 0.3) is 0 Å². The van der Waals surface area contributed by atoms with Crippen LogP contribution in [-0.4, -0.2) is 27.9 Å². The molecule has 124 valence electrons. The first kappa shape index (κ1) is 17.2. The molecule has 0 spiro atoms. The molecule has 0 bridgehead atoms. The van der Waals surface area contributed by atoms with Gasteiger partial charge in [0.2, 0.25) is 5.91 Å². The van der Waals surface area contributed by atoms with Gasteiger partial charge in [-0.1, -0.05) is 47.6 Å². The van der Waals surface area contributed by atoms with Crippen LogP contribution in [0.15, 0.2) is 59.8 Å². The third kappa shape index (κ3) is 5.24. The fourth-order valence-corrected chi connectivity index (χ4v) is 2.21. The first-order valence-electron chi connectivity index (χ1n) is 7.45. The molecule has 24 heavy (non-hydrogen) atoms. The minimum atomic E-state index is -0.957. The van der Waals surface area contributed by atoms with Crippen LogP contribution in [0.4, 0.5) is 5.69 Å². The molecule has 0 aliphatic heterocycles. The van der Waals surface area contributed by atoms with Crippen molar-refractivity contribution < 1.29 is 19.9 Å². The fourth-order valence-electron chi connectivity index (χ4n) is 2.21. The van der Waals surface area contributed by atoms with Gasteiger partial charge in [0, 0.05) is 12.1 Å². The number of nitrogens with zero attached hydrogens (tertiary/aromatic N) is 1. The number of oxime groups is 1. The van der Waals surface area contributed by atoms with Crippen LogP contribution in [0, 0.1) is 0 Å². The molecule has 0 atom stereocenters. The maximum Gasteiger partial charge on any atom is 0.303 e. The average molecular weight is 326 g/mol. The number of carboxylic acids is 1. The van der Waals surface area contributed by atoms with Crippen molar-refractivity contribution in [3.8, 4) is 0 Å². The van der Waals surface area contributed by atoms with E-state index in [1.54, 1.807) is 24.3 Å². The maximum absolute atomic E-state index is 12.0. The Kier molecular flexibility index (Phi) is 6.08. The maximum atomic E-state index is 12.0. The number of amides is 1. The number of nitrogens with one attached hydrogen (secondary N) is 1. The number of hydrogen-bond acceptors (Lipinski definition) is 4. The summed E-state index contributed by atoms with van der Waals surface area (Å²) in [5, 5.41) is 23.6. The fraction of sp³-hybridized carbons (Fsp3) is 0.167. The number of aliphatic carboxylic acids is 1. The highest BCUT2D eigenvalue weighted by atomic mass is 16.4. The molecule has 0 saturated carbocycles. The summed E-state index contributed by atoms with van der Waals surface area (Å²) in [5.74, 6) is -1.09. The van der Waals surface area contributed by atoms with E-state index in [0.29, 0.717) is 17.0 Å². The number of benzene rings is 2. The Bertz CT molecular complexity index is 724. The van der Waals surface area contributed by atoms with Gasteiger partial charge in [-0.05, 0) is 23.3 Å². The summed E-state index contributed by atoms with van der Waals surface area (Å²) in [5.41, 5.74) is 2.45. The molecule has 0 heterocycles. The van der Waals surface area contributed by atoms with Crippen molar-refractivity contribution in [1.82, 2.24) is 0 Å². The monoisotopic (exact) mass is 326 g/mol. The van der Waals surface area contributed by atoms with E-state index in [1.807, 2.05) is 30.3 Å². The van der Waals surface area contributed by atoms with E-state index in [4.69, 9.17) is 10.3 Å². The smallest absolute Gasteiger partial charge is 0.303 e. The van der Waals surface area contributed by atoms with Crippen molar-refractivity contribution in [3.05, 3.63) is 65.7 Å². The zero-order valence-electron chi connectivity index (χ0n) is 13.0. The highest BCUT2D eigenvalue weighted by Gasteiger charge is 2.08. The van der Waals surface area contributed by atoms with E-state index in [1.165, 1.54) is 0 Å². The van der Waals surface area contributed by atoms with Crippen LogP contribution in [-0.2, 0) is 16.0 Å². The van der Waals surface area contributed by atoms with Crippen LogP contribution >= 0.6 is 0 Å². The van der Waals surface area contributed by atoms with E-state index in [9.17, 15) is 9.59 Å². The SMILES string of the molecule is O=C(O)CC/C(=N/O)c1ccc(NC(=O)Cc2ccccc2)cc1. The van der Waals surface area contributed by atoms with Gasteiger partial charge in [0.1, 0.15) is 0 Å². The van der Waals surface area contributed by atoms with Gasteiger partial charge in [-0.2, -0.15) is 0 Å². The molecule has 0 saturated heterocycles. The van der Waals surface area contributed by atoms with Gasteiger partial charge in [-0.25, -0.2) is 0 Å². The van der Waals surface area contributed by atoms with Crippen molar-refractivity contribution in [1.29, 1.82) is 0 Å². The molecule has 0 unspecified atom stereocenters. The van der Waals surface area contributed by atoms with Crippen LogP contribution in [0.2, 0.25) is 0 Å². The Morgan fingerprint density at radius 1 is 0.958 bits per heavy atom. The standard InChI is InChI=1S/C18H18N2O4/c21-17(12-13-4-2-1-3-5-13)19-15-8-6-14(7-9-15)16(20-24)10-11-18(22)23/h1-9,24H,10-12H2,(H,19,21)(H,22,23)/b20-16-. The summed E-state index contributed by atoms with van der Waals surface area (Å²) in [7, 11) is 0. The van der Waals surface area contributed by atoms with Crippen LogP contribution < -0.4 is 5.32 Å². The van der Waals surface area contributed by atoms with E-state index < -0.39 is 5.97 Å². The summed E-state index contributed by atoms with van der Waals surface area (Å²) < 4.78 is 0. The van der Waals surface area contributed by atoms with Crippen LogP contribution in [0.5, 0.6) is 0 Å². The second kappa shape index (κ2) is 8.47. The summed E-state index contributed by atoms with van der Waals surface area (Å²) in [6, 6.07) is 16.1. The summed E-state index contributed by atoms with van der Waals surface area (Å²) in [6.45, 7) is 0. The molecule has 3 N–H and O–H groups in total. The molecule has 0 radical (unpaired) electrons. The van der Waals surface area contributed by atoms with Crippen LogP contribution in [0.25, 0.3) is 0 Å². The summed E-state index contributed by atoms with van der Waals surface area (Å²) >= 11 is 0. The second-order valence-electron chi connectivity index (χ2n) is 5.23. The van der Waals surface area contributed by atoms with Crippen molar-refractivity contribution >= 4 is 23.3 Å². The minimum absolute atomic E-state index is 0.116. The molecular weight excluding hydrogens is 308 g/mol. The van der Waals surface area contributed by atoms with E-state index in [2.05, 4.69) is 10.5 Å². The predicted octanol–water partition coefficient (Wildman–Crippen LogP) is 2.91. The van der Waals surface area contributed by atoms with Gasteiger partial charge >= 0.3 is 5.97 Å². The second-order valence-corrected chi connectivity index (χ2v) is 5.23. The van der Waals surface area contributed by atoms with Gasteiger partial charge in [0.05, 0.1) is 18.6 Å². The number of hydrogen-bond donors (Lipinski definition) is 3. The zero-order chi connectivity index (χ0) is 17.4. The molecule has 0 aromatic heterocycles. The first-order chi connectivity index (χ1) is 11.6. The normalized spacial score (nSPS) is 11.1. The lowest BCUT2D eigenvalue weighted by Gasteiger charge is -2.07. The number of carbonyl (C=O) groups is 2. The summed E-state index contributed by atoms with van der Waals surface area (Å²) in [4.78, 5) is 22.6. The average Bonchev–Trinajstić information content (AvgIpc) is 2.57. The third-order valence-corrected chi connectivity index (χ3v) is 3.41. The Balaban J connectivity index is 1.96. The lowest BCUT2D eigenvalue weighted by atomic mass is 10.1. The number of rotatable bonds is 7. The topological polar surface area (TPSA) is 99.0 Å². The molecule has 2 rings (SSSR count). The van der Waals surface area contributed by atoms with Gasteiger partial charge in [-0.3, -0.25) is 9.59 Å². The lowest BCUT2D eigenvalue weighted by molar-refractivity contribution is -0.136. The van der Waals surface area contributed by atoms with Crippen molar-refractivity contribution in [2.75, 3.05) is 5.32 Å². The van der Waals surface area contributed by atoms with Gasteiger partial charge in [-0.15, -0.1) is 0 Å². The largest absolute Gasteiger partial charge is 0.481 e. The van der Waals surface area contributed by atoms with Crippen molar-refractivity contribution in [2.24, 2.45) is 5.16 Å². The molecule has 2 aromatic rings. The van der Waals surface area contributed by atoms with Gasteiger partial charge in [0.15, 0.2) is 0 Å². The molecule has 6 heteroatoms. The van der Waals surface area contributed by atoms with Gasteiger partial charge < -0.3 is 15.6 Å². The highest BCUT2D eigenvalue weighted by Crippen LogP contribution is 2.13. The molecule has 0 aliphatic rings. The Morgan fingerprint density at radius 2 is 1.62 bits per heavy atom. The summed E-state index contributed by atoms with van der Waals surface area (Å²) in [6.07, 6.45) is 0.297. The Morgan fingerprint density at radius 3 is 2.21 bits per heavy atom. The zero-order valence-corrected chi connectivity index (χ0v) is 13.0. The minimum Gasteiger partial charge on any atom is -0.481 e. The highest BCUT2D eigenvalue weighted by molar-refractivity contribution is 6.02. The first-order valence-corrected chi connectivity index (χ1v) is 7.45. The molecule has 0 aliphatic carbocycles. The Labute approximate surface area is 139 Å². The molecular formula is C18H18N2O4. The number of anilines is 1. The molecule has 0 fully saturated rings. The predicted molar refractivity (Wildman–Crippen MR) is 90.4 cm³/mol. The van der Waals surface area contributed by atoms with Crippen molar-refractivity contribution in [2.45, 2.75) is 19.3 Å². The van der Waals surface area contributed by atoms with Crippen molar-refractivity contribution in [3.63, 3.8) is 0 Å². The van der Waals surface area contributed by atoms with Crippen LogP contribution in [0.3, 0.4) is 0 Å². The quantitative estimate of drug-likeness (QED) is 0.414. The molecule has 1 amide bonds. The van der Waals surface area contributed by atoms with E-state index in [0.717, 1.165) is 5.56 Å². The Hall–Kier alpha value is -3.15. The van der Waals surface area contributed by atoms with E-state index in [-0.39, 0.29) is 25.2 Å². The van der Waals surface area contributed by atoms with Crippen LogP contribution in [0.1, 0.15) is 24.0 Å². The number of carboxylic acid groups (broad SMARTS) is 1. The lowest BCUT2D eigenvalue weighted by Crippen LogP contribution is -2.14. The van der Waals surface area contributed by atoms with E-state index >= 15 is 0 Å². The number of carbonyl (C=O) groups excluding carboxylic acids is 1. The molecule has 2 aromatic carbocycles. The molecule has 6 nitrogen and oxygen atoms in total.